The van der Waals surface area contributed by atoms with Crippen molar-refractivity contribution in [1.82, 2.24) is 20.2 Å². The van der Waals surface area contributed by atoms with Crippen LogP contribution >= 0.6 is 11.3 Å². The first kappa shape index (κ1) is 27.3. The molecule has 2 bridgehead atoms. The second-order valence-corrected chi connectivity index (χ2v) is 14.4. The number of aromatic nitrogens is 2. The number of ether oxygens (including phenoxy) is 2. The summed E-state index contributed by atoms with van der Waals surface area (Å²) in [5, 5.41) is 24.4. The van der Waals surface area contributed by atoms with E-state index in [1.54, 1.807) is 0 Å². The van der Waals surface area contributed by atoms with Crippen LogP contribution in [0.1, 0.15) is 47.3 Å². The monoisotopic (exact) mass is 605 g/mol. The van der Waals surface area contributed by atoms with Crippen molar-refractivity contribution in [3.63, 3.8) is 0 Å². The molecular weight excluding hydrogens is 569 g/mol. The van der Waals surface area contributed by atoms with Crippen molar-refractivity contribution in [2.75, 3.05) is 81.2 Å². The van der Waals surface area contributed by atoms with Gasteiger partial charge in [-0.1, -0.05) is 0 Å². The molecule has 2 aromatic rings. The molecule has 6 heterocycles. The normalized spacial score (nSPS) is 28.3. The van der Waals surface area contributed by atoms with Crippen molar-refractivity contribution in [1.29, 1.82) is 10.5 Å². The first-order valence-electron chi connectivity index (χ1n) is 15.4. The molecule has 3 atom stereocenters. The average molecular weight is 606 g/mol. The minimum absolute atomic E-state index is 0.0815. The summed E-state index contributed by atoms with van der Waals surface area (Å²) in [5.41, 5.74) is 6.96. The van der Waals surface area contributed by atoms with E-state index in [9.17, 15) is 10.5 Å². The third-order valence-corrected chi connectivity index (χ3v) is 11.5. The van der Waals surface area contributed by atoms with Crippen LogP contribution in [-0.2, 0) is 16.6 Å². The molecule has 11 nitrogen and oxygen atoms in total. The topological polar surface area (TPSA) is 140 Å². The van der Waals surface area contributed by atoms with Gasteiger partial charge in [0.15, 0.2) is 11.6 Å². The van der Waals surface area contributed by atoms with Gasteiger partial charge in [0.25, 0.3) is 0 Å². The Bertz CT molecular complexity index is 1510. The van der Waals surface area contributed by atoms with Crippen molar-refractivity contribution in [2.24, 2.45) is 5.41 Å². The van der Waals surface area contributed by atoms with Gasteiger partial charge in [0, 0.05) is 74.6 Å². The molecule has 2 aromatic heterocycles. The van der Waals surface area contributed by atoms with E-state index < -0.39 is 11.6 Å². The highest BCUT2D eigenvalue weighted by Gasteiger charge is 2.58. The second-order valence-electron chi connectivity index (χ2n) is 13.3. The SMILES string of the molecule is N#Cc1c(N2C[C@H]3CC[C@@H](C2)N3)nc(OCC2(CN3CCOCC3)CC2)nc1N1CC2(C1)c1c(sc(N)c1C#N)CC2F. The van der Waals surface area contributed by atoms with Crippen molar-refractivity contribution in [3.8, 4) is 18.1 Å². The Hall–Kier alpha value is -3.23. The van der Waals surface area contributed by atoms with Crippen LogP contribution in [0, 0.1) is 28.1 Å². The zero-order valence-corrected chi connectivity index (χ0v) is 25.0. The molecule has 1 unspecified atom stereocenters. The van der Waals surface area contributed by atoms with E-state index in [-0.39, 0.29) is 17.8 Å². The predicted octanol–water partition coefficient (Wildman–Crippen LogP) is 1.95. The van der Waals surface area contributed by atoms with Crippen LogP contribution in [0.5, 0.6) is 6.01 Å². The molecular formula is C30H36FN9O2S. The highest BCUT2D eigenvalue weighted by Crippen LogP contribution is 2.54. The molecule has 43 heavy (non-hydrogen) atoms. The fourth-order valence-electron chi connectivity index (χ4n) is 7.92. The first-order chi connectivity index (χ1) is 20.9. The Morgan fingerprint density at radius 3 is 2.37 bits per heavy atom. The van der Waals surface area contributed by atoms with E-state index in [1.165, 1.54) is 11.3 Å². The Kier molecular flexibility index (Phi) is 6.46. The molecule has 0 aromatic carbocycles. The van der Waals surface area contributed by atoms with Gasteiger partial charge in [-0.3, -0.25) is 4.90 Å². The lowest BCUT2D eigenvalue weighted by molar-refractivity contribution is 0.0231. The Morgan fingerprint density at radius 1 is 1.05 bits per heavy atom. The summed E-state index contributed by atoms with van der Waals surface area (Å²) in [7, 11) is 0. The van der Waals surface area contributed by atoms with Gasteiger partial charge in [-0.15, -0.1) is 11.3 Å². The fourth-order valence-corrected chi connectivity index (χ4v) is 9.07. The summed E-state index contributed by atoms with van der Waals surface area (Å²) < 4.78 is 27.5. The lowest BCUT2D eigenvalue weighted by Crippen LogP contribution is -2.63. The van der Waals surface area contributed by atoms with Gasteiger partial charge in [-0.05, 0) is 31.2 Å². The number of hydrogen-bond acceptors (Lipinski definition) is 12. The van der Waals surface area contributed by atoms with Crippen LogP contribution in [0.25, 0.3) is 0 Å². The summed E-state index contributed by atoms with van der Waals surface area (Å²) in [6.07, 6.45) is 3.56. The maximum atomic E-state index is 15.6. The minimum Gasteiger partial charge on any atom is -0.463 e. The van der Waals surface area contributed by atoms with E-state index in [0.29, 0.717) is 59.5 Å². The highest BCUT2D eigenvalue weighted by molar-refractivity contribution is 7.16. The number of thiophene rings is 1. The summed E-state index contributed by atoms with van der Waals surface area (Å²) in [6.45, 7) is 7.06. The number of nitriles is 2. The minimum atomic E-state index is -1.11. The second kappa shape index (κ2) is 10.2. The van der Waals surface area contributed by atoms with Crippen LogP contribution in [-0.4, -0.2) is 98.8 Å². The van der Waals surface area contributed by atoms with Crippen LogP contribution in [0.15, 0.2) is 0 Å². The number of hydrogen-bond donors (Lipinski definition) is 2. The van der Waals surface area contributed by atoms with E-state index in [4.69, 9.17) is 25.2 Å². The molecule has 0 radical (unpaired) electrons. The number of alkyl halides is 1. The third kappa shape index (κ3) is 4.51. The van der Waals surface area contributed by atoms with Gasteiger partial charge < -0.3 is 30.3 Å². The summed E-state index contributed by atoms with van der Waals surface area (Å²) in [5.74, 6) is 1.08. The Labute approximate surface area is 254 Å². The molecule has 0 amide bonds. The lowest BCUT2D eigenvalue weighted by atomic mass is 9.72. The summed E-state index contributed by atoms with van der Waals surface area (Å²) in [4.78, 5) is 17.2. The van der Waals surface area contributed by atoms with Gasteiger partial charge in [0.2, 0.25) is 0 Å². The number of nitrogens with one attached hydrogen (secondary N) is 1. The molecule has 4 aliphatic heterocycles. The number of nitrogens with zero attached hydrogens (tertiary/aromatic N) is 7. The molecule has 3 N–H and O–H groups in total. The van der Waals surface area contributed by atoms with E-state index in [1.807, 2.05) is 4.90 Å². The number of piperazine rings is 1. The van der Waals surface area contributed by atoms with Gasteiger partial charge in [-0.2, -0.15) is 20.5 Å². The fraction of sp³-hybridized carbons (Fsp3) is 0.667. The first-order valence-corrected chi connectivity index (χ1v) is 16.2. The van der Waals surface area contributed by atoms with E-state index >= 15 is 4.39 Å². The summed E-state index contributed by atoms with van der Waals surface area (Å²) >= 11 is 1.32. The largest absolute Gasteiger partial charge is 0.463 e. The molecule has 6 aliphatic rings. The van der Waals surface area contributed by atoms with Crippen LogP contribution < -0.4 is 25.6 Å². The predicted molar refractivity (Wildman–Crippen MR) is 159 cm³/mol. The van der Waals surface area contributed by atoms with E-state index in [2.05, 4.69) is 27.3 Å². The number of rotatable bonds is 7. The molecule has 2 aliphatic carbocycles. The Morgan fingerprint density at radius 2 is 1.72 bits per heavy atom. The standard InChI is InChI=1S/C30H36FN9O2S/c31-23-9-22-24(20(10-32)25(34)43-22)30(23)15-40(16-30)27-21(11-33)26(39-12-18-1-2-19(13-39)35-18)36-28(37-27)42-17-29(3-4-29)14-38-5-7-41-8-6-38/h18-19,23,35H,1-9,12-17,34H2/t18-,19+,23?. The van der Waals surface area contributed by atoms with E-state index in [0.717, 1.165) is 82.1 Å². The highest BCUT2D eigenvalue weighted by atomic mass is 32.1. The number of anilines is 3. The Balaban J connectivity index is 1.10. The maximum Gasteiger partial charge on any atom is 0.320 e. The number of nitrogens with two attached hydrogens (primary N) is 1. The molecule has 8 rings (SSSR count). The van der Waals surface area contributed by atoms with Crippen LogP contribution in [0.4, 0.5) is 21.0 Å². The summed E-state index contributed by atoms with van der Waals surface area (Å²) in [6, 6.07) is 5.61. The quantitative estimate of drug-likeness (QED) is 0.479. The number of nitrogen functional groups attached to an aromatic ring is 1. The number of morpholine rings is 1. The molecule has 226 valence electrons. The molecule has 4 saturated heterocycles. The van der Waals surface area contributed by atoms with Crippen LogP contribution in [0.2, 0.25) is 0 Å². The van der Waals surface area contributed by atoms with Crippen molar-refractivity contribution >= 4 is 28.0 Å². The zero-order chi connectivity index (χ0) is 29.3. The van der Waals surface area contributed by atoms with Crippen LogP contribution in [0.3, 0.4) is 0 Å². The average Bonchev–Trinajstić information content (AvgIpc) is 3.45. The smallest absolute Gasteiger partial charge is 0.320 e. The van der Waals surface area contributed by atoms with Gasteiger partial charge in [-0.25, -0.2) is 4.39 Å². The van der Waals surface area contributed by atoms with Gasteiger partial charge >= 0.3 is 6.01 Å². The molecule has 1 saturated carbocycles. The van der Waals surface area contributed by atoms with Crippen molar-refractivity contribution in [2.45, 2.75) is 55.8 Å². The van der Waals surface area contributed by atoms with Crippen molar-refractivity contribution in [3.05, 3.63) is 21.6 Å². The molecule has 13 heteroatoms. The number of halogens is 1. The molecule has 5 fully saturated rings. The van der Waals surface area contributed by atoms with Gasteiger partial charge in [0.05, 0.1) is 30.8 Å². The molecule has 1 spiro atoms. The maximum absolute atomic E-state index is 15.6. The lowest BCUT2D eigenvalue weighted by Gasteiger charge is -2.50. The zero-order valence-electron chi connectivity index (χ0n) is 24.1. The van der Waals surface area contributed by atoms with Crippen molar-refractivity contribution < 1.29 is 13.9 Å². The third-order valence-electron chi connectivity index (χ3n) is 10.4. The number of fused-ring (bicyclic) bond motifs is 4. The van der Waals surface area contributed by atoms with Gasteiger partial charge in [0.1, 0.15) is 28.9 Å².